The van der Waals surface area contributed by atoms with E-state index in [1.807, 2.05) is 6.07 Å². The third-order valence-electron chi connectivity index (χ3n) is 3.15. The van der Waals surface area contributed by atoms with Crippen LogP contribution in [0.4, 0.5) is 5.69 Å². The third kappa shape index (κ3) is 4.29. The molecule has 0 aliphatic carbocycles. The van der Waals surface area contributed by atoms with E-state index >= 15 is 0 Å². The van der Waals surface area contributed by atoms with Crippen LogP contribution in [0.5, 0.6) is 0 Å². The summed E-state index contributed by atoms with van der Waals surface area (Å²) in [7, 11) is -3.29. The van der Waals surface area contributed by atoms with Crippen molar-refractivity contribution < 1.29 is 13.2 Å². The molecule has 5 nitrogen and oxygen atoms in total. The number of carbonyl (C=O) groups is 1. The van der Waals surface area contributed by atoms with Gasteiger partial charge in [0, 0.05) is 29.7 Å². The number of amides is 1. The summed E-state index contributed by atoms with van der Waals surface area (Å²) in [5.74, 6) is -0.418. The standard InChI is InChI=1S/C13H17BrN2O3S/c14-11-4-3-5-12(10-11)15-13(17)6-9-20(18,19)16-7-1-2-8-16/h3-5,10H,1-2,6-9H2,(H,15,17). The Kier molecular flexibility index (Phi) is 5.17. The number of anilines is 1. The fraction of sp³-hybridized carbons (Fsp3) is 0.462. The van der Waals surface area contributed by atoms with Crippen LogP contribution in [0.2, 0.25) is 0 Å². The highest BCUT2D eigenvalue weighted by molar-refractivity contribution is 9.10. The Balaban J connectivity index is 1.86. The molecule has 1 aliphatic rings. The summed E-state index contributed by atoms with van der Waals surface area (Å²) in [4.78, 5) is 11.8. The first kappa shape index (κ1) is 15.5. The van der Waals surface area contributed by atoms with Gasteiger partial charge in [0.25, 0.3) is 0 Å². The molecule has 20 heavy (non-hydrogen) atoms. The van der Waals surface area contributed by atoms with Crippen molar-refractivity contribution in [1.29, 1.82) is 0 Å². The number of nitrogens with one attached hydrogen (secondary N) is 1. The predicted molar refractivity (Wildman–Crippen MR) is 82.0 cm³/mol. The van der Waals surface area contributed by atoms with Crippen molar-refractivity contribution in [3.63, 3.8) is 0 Å². The average molecular weight is 361 g/mol. The van der Waals surface area contributed by atoms with Gasteiger partial charge in [0.2, 0.25) is 15.9 Å². The van der Waals surface area contributed by atoms with Crippen LogP contribution in [0.15, 0.2) is 28.7 Å². The van der Waals surface area contributed by atoms with E-state index in [-0.39, 0.29) is 18.1 Å². The fourth-order valence-corrected chi connectivity index (χ4v) is 4.02. The Morgan fingerprint density at radius 1 is 1.30 bits per heavy atom. The van der Waals surface area contributed by atoms with E-state index in [9.17, 15) is 13.2 Å². The largest absolute Gasteiger partial charge is 0.326 e. The van der Waals surface area contributed by atoms with Crippen LogP contribution < -0.4 is 5.32 Å². The smallest absolute Gasteiger partial charge is 0.225 e. The maximum atomic E-state index is 12.0. The molecule has 7 heteroatoms. The van der Waals surface area contributed by atoms with Gasteiger partial charge < -0.3 is 5.32 Å². The number of rotatable bonds is 5. The first-order valence-electron chi connectivity index (χ1n) is 6.51. The Bertz CT molecular complexity index is 583. The van der Waals surface area contributed by atoms with Crippen molar-refractivity contribution in [2.75, 3.05) is 24.2 Å². The van der Waals surface area contributed by atoms with Crippen LogP contribution in [0.3, 0.4) is 0 Å². The van der Waals surface area contributed by atoms with Crippen LogP contribution in [0.25, 0.3) is 0 Å². The molecule has 1 N–H and O–H groups in total. The lowest BCUT2D eigenvalue weighted by Crippen LogP contribution is -2.31. The van der Waals surface area contributed by atoms with Crippen LogP contribution in [-0.4, -0.2) is 37.5 Å². The molecule has 0 spiro atoms. The SMILES string of the molecule is O=C(CCS(=O)(=O)N1CCCC1)Nc1cccc(Br)c1. The lowest BCUT2D eigenvalue weighted by atomic mass is 10.3. The highest BCUT2D eigenvalue weighted by Crippen LogP contribution is 2.17. The zero-order chi connectivity index (χ0) is 14.6. The average Bonchev–Trinajstić information content (AvgIpc) is 2.91. The Labute approximate surface area is 127 Å². The highest BCUT2D eigenvalue weighted by atomic mass is 79.9. The summed E-state index contributed by atoms with van der Waals surface area (Å²) in [5.41, 5.74) is 0.656. The molecule has 1 heterocycles. The second-order valence-corrected chi connectivity index (χ2v) is 7.73. The number of nitrogens with zero attached hydrogens (tertiary/aromatic N) is 1. The van der Waals surface area contributed by atoms with Gasteiger partial charge in [0.15, 0.2) is 0 Å². The van der Waals surface area contributed by atoms with Gasteiger partial charge in [0.05, 0.1) is 5.75 Å². The lowest BCUT2D eigenvalue weighted by Gasteiger charge is -2.15. The van der Waals surface area contributed by atoms with Crippen molar-refractivity contribution in [2.24, 2.45) is 0 Å². The predicted octanol–water partition coefficient (Wildman–Crippen LogP) is 2.20. The van der Waals surface area contributed by atoms with E-state index in [1.165, 1.54) is 4.31 Å². The summed E-state index contributed by atoms with van der Waals surface area (Å²) in [5, 5.41) is 2.69. The van der Waals surface area contributed by atoms with Gasteiger partial charge in [-0.2, -0.15) is 0 Å². The molecule has 1 saturated heterocycles. The van der Waals surface area contributed by atoms with Gasteiger partial charge in [0.1, 0.15) is 0 Å². The minimum Gasteiger partial charge on any atom is -0.326 e. The molecule has 0 saturated carbocycles. The number of halogens is 1. The first-order valence-corrected chi connectivity index (χ1v) is 8.91. The second-order valence-electron chi connectivity index (χ2n) is 4.73. The molecule has 1 aromatic rings. The summed E-state index contributed by atoms with van der Waals surface area (Å²) in [6, 6.07) is 7.19. The molecule has 2 rings (SSSR count). The van der Waals surface area contributed by atoms with E-state index in [4.69, 9.17) is 0 Å². The molecule has 1 amide bonds. The Morgan fingerprint density at radius 3 is 2.65 bits per heavy atom. The fourth-order valence-electron chi connectivity index (χ4n) is 2.11. The molecular weight excluding hydrogens is 344 g/mol. The van der Waals surface area contributed by atoms with E-state index in [0.717, 1.165) is 17.3 Å². The van der Waals surface area contributed by atoms with Crippen molar-refractivity contribution in [3.05, 3.63) is 28.7 Å². The molecule has 1 aromatic carbocycles. The second kappa shape index (κ2) is 6.69. The van der Waals surface area contributed by atoms with Gasteiger partial charge in [-0.05, 0) is 31.0 Å². The molecule has 0 bridgehead atoms. The molecular formula is C13H17BrN2O3S. The van der Waals surface area contributed by atoms with Gasteiger partial charge in [-0.3, -0.25) is 4.79 Å². The van der Waals surface area contributed by atoms with E-state index < -0.39 is 10.0 Å². The third-order valence-corrected chi connectivity index (χ3v) is 5.52. The van der Waals surface area contributed by atoms with Gasteiger partial charge >= 0.3 is 0 Å². The van der Waals surface area contributed by atoms with E-state index in [2.05, 4.69) is 21.2 Å². The minimum absolute atomic E-state index is 0.0225. The quantitative estimate of drug-likeness (QED) is 0.875. The number of benzene rings is 1. The van der Waals surface area contributed by atoms with Gasteiger partial charge in [-0.15, -0.1) is 0 Å². The van der Waals surface area contributed by atoms with Crippen molar-refractivity contribution in [1.82, 2.24) is 4.31 Å². The van der Waals surface area contributed by atoms with Gasteiger partial charge in [-0.25, -0.2) is 12.7 Å². The molecule has 0 aromatic heterocycles. The first-order chi connectivity index (χ1) is 9.47. The zero-order valence-corrected chi connectivity index (χ0v) is 13.4. The monoisotopic (exact) mass is 360 g/mol. The summed E-state index contributed by atoms with van der Waals surface area (Å²) in [6.45, 7) is 1.16. The van der Waals surface area contributed by atoms with Gasteiger partial charge in [-0.1, -0.05) is 22.0 Å². The summed E-state index contributed by atoms with van der Waals surface area (Å²) < 4.78 is 26.3. The highest BCUT2D eigenvalue weighted by Gasteiger charge is 2.25. The zero-order valence-electron chi connectivity index (χ0n) is 11.0. The number of hydrogen-bond donors (Lipinski definition) is 1. The number of carbonyl (C=O) groups excluding carboxylic acids is 1. The Hall–Kier alpha value is -0.920. The normalized spacial score (nSPS) is 16.2. The summed E-state index contributed by atoms with van der Waals surface area (Å²) >= 11 is 3.31. The maximum absolute atomic E-state index is 12.0. The molecule has 0 atom stereocenters. The van der Waals surface area contributed by atoms with Crippen molar-refractivity contribution in [3.8, 4) is 0 Å². The number of hydrogen-bond acceptors (Lipinski definition) is 3. The van der Waals surface area contributed by atoms with Crippen LogP contribution in [-0.2, 0) is 14.8 Å². The molecule has 0 unspecified atom stereocenters. The van der Waals surface area contributed by atoms with Crippen LogP contribution in [0.1, 0.15) is 19.3 Å². The topological polar surface area (TPSA) is 66.5 Å². The molecule has 110 valence electrons. The Morgan fingerprint density at radius 2 is 2.00 bits per heavy atom. The molecule has 0 radical (unpaired) electrons. The van der Waals surface area contributed by atoms with E-state index in [0.29, 0.717) is 18.8 Å². The van der Waals surface area contributed by atoms with Crippen molar-refractivity contribution >= 4 is 37.5 Å². The summed E-state index contributed by atoms with van der Waals surface area (Å²) in [6.07, 6.45) is 1.79. The number of sulfonamides is 1. The van der Waals surface area contributed by atoms with Crippen LogP contribution >= 0.6 is 15.9 Å². The lowest BCUT2D eigenvalue weighted by molar-refractivity contribution is -0.115. The maximum Gasteiger partial charge on any atom is 0.225 e. The molecule has 1 aliphatic heterocycles. The van der Waals surface area contributed by atoms with Crippen LogP contribution in [0, 0.1) is 0 Å². The minimum atomic E-state index is -3.29. The molecule has 1 fully saturated rings. The van der Waals surface area contributed by atoms with Crippen molar-refractivity contribution in [2.45, 2.75) is 19.3 Å². The van der Waals surface area contributed by atoms with E-state index in [1.54, 1.807) is 18.2 Å².